The first kappa shape index (κ1) is 17.6. The molecule has 4 nitrogen and oxygen atoms in total. The number of guanidine groups is 1. The van der Waals surface area contributed by atoms with Crippen LogP contribution in [0.25, 0.3) is 0 Å². The average Bonchev–Trinajstić information content (AvgIpc) is 3.17. The molecule has 1 saturated heterocycles. The van der Waals surface area contributed by atoms with Crippen LogP contribution in [0.5, 0.6) is 0 Å². The Hall–Kier alpha value is -0.750. The smallest absolute Gasteiger partial charge is 0.191 e. The summed E-state index contributed by atoms with van der Waals surface area (Å²) < 4.78 is 5.68. The molecule has 124 valence electrons. The van der Waals surface area contributed by atoms with Crippen molar-refractivity contribution in [2.75, 3.05) is 37.4 Å². The summed E-state index contributed by atoms with van der Waals surface area (Å²) in [6, 6.07) is 3.94. The number of furan rings is 1. The van der Waals surface area contributed by atoms with Crippen LogP contribution in [-0.4, -0.2) is 48.1 Å². The second kappa shape index (κ2) is 9.40. The van der Waals surface area contributed by atoms with Gasteiger partial charge in [0.05, 0.1) is 12.8 Å². The summed E-state index contributed by atoms with van der Waals surface area (Å²) in [5.41, 5.74) is 0. The molecule has 2 rings (SSSR count). The van der Waals surface area contributed by atoms with Crippen LogP contribution in [0, 0.1) is 0 Å². The Morgan fingerprint density at radius 3 is 3.00 bits per heavy atom. The summed E-state index contributed by atoms with van der Waals surface area (Å²) in [6.07, 6.45) is 7.31. The van der Waals surface area contributed by atoms with Crippen molar-refractivity contribution in [1.29, 1.82) is 0 Å². The largest absolute Gasteiger partial charge is 0.469 e. The van der Waals surface area contributed by atoms with E-state index in [-0.39, 0.29) is 0 Å². The summed E-state index contributed by atoms with van der Waals surface area (Å²) in [5, 5.41) is 6.84. The molecule has 2 heterocycles. The van der Waals surface area contributed by atoms with E-state index in [9.17, 15) is 0 Å². The molecule has 0 spiro atoms. The van der Waals surface area contributed by atoms with Gasteiger partial charge in [-0.2, -0.15) is 23.5 Å². The number of hydrogen-bond acceptors (Lipinski definition) is 4. The van der Waals surface area contributed by atoms with Crippen LogP contribution in [0.15, 0.2) is 27.8 Å². The lowest BCUT2D eigenvalue weighted by atomic mass is 10.1. The number of hydrogen-bond donors (Lipinski definition) is 2. The second-order valence-electron chi connectivity index (χ2n) is 5.74. The Morgan fingerprint density at radius 1 is 1.45 bits per heavy atom. The molecule has 1 aliphatic rings. The predicted octanol–water partition coefficient (Wildman–Crippen LogP) is 3.01. The van der Waals surface area contributed by atoms with Crippen molar-refractivity contribution < 1.29 is 4.42 Å². The topological polar surface area (TPSA) is 49.6 Å². The maximum Gasteiger partial charge on any atom is 0.191 e. The first-order valence-corrected chi connectivity index (χ1v) is 10.3. The molecule has 1 aromatic heterocycles. The highest BCUT2D eigenvalue weighted by Gasteiger charge is 2.29. The van der Waals surface area contributed by atoms with Gasteiger partial charge in [-0.05, 0) is 43.9 Å². The van der Waals surface area contributed by atoms with E-state index in [1.54, 1.807) is 6.26 Å². The fourth-order valence-electron chi connectivity index (χ4n) is 2.41. The van der Waals surface area contributed by atoms with Gasteiger partial charge in [0, 0.05) is 30.0 Å². The third-order valence-corrected chi connectivity index (χ3v) is 5.85. The highest BCUT2D eigenvalue weighted by Crippen LogP contribution is 2.37. The van der Waals surface area contributed by atoms with Gasteiger partial charge < -0.3 is 15.1 Å². The normalized spacial score (nSPS) is 22.0. The van der Waals surface area contributed by atoms with Crippen LogP contribution in [0.3, 0.4) is 0 Å². The van der Waals surface area contributed by atoms with E-state index in [0.717, 1.165) is 43.5 Å². The molecule has 0 aromatic carbocycles. The minimum absolute atomic E-state index is 0.315. The van der Waals surface area contributed by atoms with Gasteiger partial charge in [-0.1, -0.05) is 0 Å². The predicted molar refractivity (Wildman–Crippen MR) is 99.2 cm³/mol. The minimum atomic E-state index is 0.315. The molecule has 1 fully saturated rings. The molecule has 0 aliphatic carbocycles. The van der Waals surface area contributed by atoms with Gasteiger partial charge in [-0.3, -0.25) is 4.99 Å². The van der Waals surface area contributed by atoms with Gasteiger partial charge in [0.15, 0.2) is 5.96 Å². The summed E-state index contributed by atoms with van der Waals surface area (Å²) in [5.74, 6) is 4.29. The quantitative estimate of drug-likeness (QED) is 0.432. The first-order valence-electron chi connectivity index (χ1n) is 7.89. The summed E-state index contributed by atoms with van der Waals surface area (Å²) in [4.78, 5) is 4.80. The maximum atomic E-state index is 5.36. The standard InChI is InChI=1S/C16H27N3OS2/c1-16(7-4-11-22-16)13-19-15(18-9-12-21-2)17-8-6-14-5-3-10-20-14/h3,5,10H,4,6-9,11-13H2,1-2H3,(H2,17,18,19). The number of nitrogens with zero attached hydrogens (tertiary/aromatic N) is 1. The minimum Gasteiger partial charge on any atom is -0.469 e. The summed E-state index contributed by atoms with van der Waals surface area (Å²) in [7, 11) is 0. The molecule has 1 aliphatic heterocycles. The molecule has 1 atom stereocenters. The lowest BCUT2D eigenvalue weighted by molar-refractivity contribution is 0.506. The number of aliphatic imine (C=N–C) groups is 1. The van der Waals surface area contributed by atoms with Gasteiger partial charge in [-0.15, -0.1) is 0 Å². The van der Waals surface area contributed by atoms with Gasteiger partial charge in [0.2, 0.25) is 0 Å². The van der Waals surface area contributed by atoms with Crippen molar-refractivity contribution in [3.8, 4) is 0 Å². The highest BCUT2D eigenvalue weighted by atomic mass is 32.2. The van der Waals surface area contributed by atoms with E-state index >= 15 is 0 Å². The van der Waals surface area contributed by atoms with E-state index < -0.39 is 0 Å². The molecule has 22 heavy (non-hydrogen) atoms. The summed E-state index contributed by atoms with van der Waals surface area (Å²) >= 11 is 3.90. The zero-order chi connectivity index (χ0) is 15.7. The highest BCUT2D eigenvalue weighted by molar-refractivity contribution is 8.00. The number of thioether (sulfide) groups is 2. The number of nitrogens with one attached hydrogen (secondary N) is 2. The lowest BCUT2D eigenvalue weighted by Crippen LogP contribution is -2.40. The Labute approximate surface area is 142 Å². The fraction of sp³-hybridized carbons (Fsp3) is 0.688. The first-order chi connectivity index (χ1) is 10.7. The third-order valence-electron chi connectivity index (χ3n) is 3.71. The SMILES string of the molecule is CSCCNC(=NCC1(C)CCCS1)NCCc1ccco1. The molecule has 1 aromatic rings. The molecule has 2 N–H and O–H groups in total. The lowest BCUT2D eigenvalue weighted by Gasteiger charge is -2.21. The molecule has 0 bridgehead atoms. The Kier molecular flexibility index (Phi) is 7.52. The Morgan fingerprint density at radius 2 is 2.32 bits per heavy atom. The molecule has 0 radical (unpaired) electrons. The van der Waals surface area contributed by atoms with Crippen LogP contribution in [0.4, 0.5) is 0 Å². The van der Waals surface area contributed by atoms with Crippen LogP contribution >= 0.6 is 23.5 Å². The Balaban J connectivity index is 1.81. The molecule has 0 amide bonds. The monoisotopic (exact) mass is 341 g/mol. The van der Waals surface area contributed by atoms with Crippen molar-refractivity contribution in [3.05, 3.63) is 24.2 Å². The molecule has 6 heteroatoms. The van der Waals surface area contributed by atoms with Crippen molar-refractivity contribution in [2.45, 2.75) is 30.9 Å². The third kappa shape index (κ3) is 6.16. The van der Waals surface area contributed by atoms with E-state index in [1.165, 1.54) is 18.6 Å². The van der Waals surface area contributed by atoms with Gasteiger partial charge in [0.1, 0.15) is 5.76 Å². The zero-order valence-corrected chi connectivity index (χ0v) is 15.2. The van der Waals surface area contributed by atoms with Crippen molar-refractivity contribution in [2.24, 2.45) is 4.99 Å². The van der Waals surface area contributed by atoms with E-state index in [0.29, 0.717) is 4.75 Å². The van der Waals surface area contributed by atoms with Crippen molar-refractivity contribution in [3.63, 3.8) is 0 Å². The maximum absolute atomic E-state index is 5.36. The van der Waals surface area contributed by atoms with Crippen LogP contribution in [0.1, 0.15) is 25.5 Å². The second-order valence-corrected chi connectivity index (χ2v) is 8.41. The zero-order valence-electron chi connectivity index (χ0n) is 13.6. The number of rotatable bonds is 8. The van der Waals surface area contributed by atoms with Gasteiger partial charge in [-0.25, -0.2) is 0 Å². The van der Waals surface area contributed by atoms with Crippen molar-refractivity contribution in [1.82, 2.24) is 10.6 Å². The average molecular weight is 342 g/mol. The Bertz CT molecular complexity index is 442. The molecule has 1 unspecified atom stereocenters. The molecular weight excluding hydrogens is 314 g/mol. The van der Waals surface area contributed by atoms with Crippen LogP contribution in [-0.2, 0) is 6.42 Å². The van der Waals surface area contributed by atoms with Crippen LogP contribution in [0.2, 0.25) is 0 Å². The van der Waals surface area contributed by atoms with Crippen LogP contribution < -0.4 is 10.6 Å². The molecular formula is C16H27N3OS2. The van der Waals surface area contributed by atoms with E-state index in [1.807, 2.05) is 23.9 Å². The van der Waals surface area contributed by atoms with E-state index in [2.05, 4.69) is 35.6 Å². The van der Waals surface area contributed by atoms with E-state index in [4.69, 9.17) is 9.41 Å². The molecule has 0 saturated carbocycles. The van der Waals surface area contributed by atoms with Gasteiger partial charge in [0.25, 0.3) is 0 Å². The fourth-order valence-corrected chi connectivity index (χ4v) is 3.94. The van der Waals surface area contributed by atoms with Gasteiger partial charge >= 0.3 is 0 Å². The summed E-state index contributed by atoms with van der Waals surface area (Å²) in [6.45, 7) is 4.99. The van der Waals surface area contributed by atoms with Crippen molar-refractivity contribution >= 4 is 29.5 Å².